The summed E-state index contributed by atoms with van der Waals surface area (Å²) < 4.78 is 86.9. The average molecular weight is 280 g/mol. The maximum absolute atomic E-state index is 13.0. The van der Waals surface area contributed by atoms with Crippen molar-refractivity contribution in [2.45, 2.75) is 18.3 Å². The average Bonchev–Trinajstić information content (AvgIpc) is 2.58. The lowest BCUT2D eigenvalue weighted by molar-refractivity contribution is -0.250. The van der Waals surface area contributed by atoms with Gasteiger partial charge in [-0.2, -0.15) is 27.1 Å². The van der Waals surface area contributed by atoms with E-state index in [2.05, 4.69) is 5.10 Å². The van der Waals surface area contributed by atoms with Crippen LogP contribution >= 0.6 is 0 Å². The molecule has 1 aromatic rings. The van der Waals surface area contributed by atoms with Gasteiger partial charge in [0.2, 0.25) is 0 Å². The fourth-order valence-electron chi connectivity index (χ4n) is 1.02. The summed E-state index contributed by atoms with van der Waals surface area (Å²) in [5.41, 5.74) is -3.73. The predicted molar refractivity (Wildman–Crippen MR) is 40.3 cm³/mol. The van der Waals surface area contributed by atoms with Gasteiger partial charge in [0.15, 0.2) is 17.2 Å². The lowest BCUT2D eigenvalue weighted by atomic mass is 10.1. The van der Waals surface area contributed by atoms with Crippen LogP contribution in [0.4, 0.5) is 30.7 Å². The van der Waals surface area contributed by atoms with Crippen LogP contribution < -0.4 is 0 Å². The Hall–Kier alpha value is -1.81. The normalized spacial score (nSPS) is 14.6. The number of aromatic carboxylic acids is 1. The number of H-pyrrole nitrogens is 1. The summed E-state index contributed by atoms with van der Waals surface area (Å²) in [5.74, 6) is -9.66. The topological polar surface area (TPSA) is 66.0 Å². The molecule has 11 heteroatoms. The van der Waals surface area contributed by atoms with E-state index in [1.165, 1.54) is 5.10 Å². The molecule has 1 aromatic heterocycles. The zero-order valence-corrected chi connectivity index (χ0v) is 8.03. The van der Waals surface area contributed by atoms with Crippen molar-refractivity contribution in [1.29, 1.82) is 0 Å². The van der Waals surface area contributed by atoms with E-state index < -0.39 is 41.4 Å². The van der Waals surface area contributed by atoms with Crippen LogP contribution in [-0.2, 0) is 5.92 Å². The fraction of sp³-hybridized carbons (Fsp3) is 0.429. The molecule has 1 atom stereocenters. The van der Waals surface area contributed by atoms with Gasteiger partial charge in [-0.25, -0.2) is 13.6 Å². The Balaban J connectivity index is 3.25. The second kappa shape index (κ2) is 4.14. The molecule has 0 saturated carbocycles. The molecule has 0 aliphatic rings. The summed E-state index contributed by atoms with van der Waals surface area (Å²) in [4.78, 5) is 10.3. The highest BCUT2D eigenvalue weighted by molar-refractivity contribution is 5.85. The summed E-state index contributed by atoms with van der Waals surface area (Å²) in [6, 6.07) is 0. The Labute approximate surface area is 93.4 Å². The largest absolute Gasteiger partial charge is 0.476 e. The summed E-state index contributed by atoms with van der Waals surface area (Å²) in [7, 11) is 0. The van der Waals surface area contributed by atoms with Crippen LogP contribution in [0.3, 0.4) is 0 Å². The first-order valence-electron chi connectivity index (χ1n) is 4.05. The molecular formula is C7H3F7N2O2. The van der Waals surface area contributed by atoms with E-state index in [1.807, 2.05) is 0 Å². The zero-order chi connectivity index (χ0) is 14.3. The summed E-state index contributed by atoms with van der Waals surface area (Å²) >= 11 is 0. The molecule has 1 rings (SSSR count). The minimum atomic E-state index is -5.95. The number of hydrogen-bond acceptors (Lipinski definition) is 2. The second-order valence-corrected chi connectivity index (χ2v) is 3.09. The van der Waals surface area contributed by atoms with Gasteiger partial charge in [0.1, 0.15) is 0 Å². The molecule has 1 heterocycles. The van der Waals surface area contributed by atoms with Gasteiger partial charge >= 0.3 is 18.1 Å². The number of carboxylic acid groups (broad SMARTS) is 1. The maximum Gasteiger partial charge on any atom is 0.426 e. The Morgan fingerprint density at radius 2 is 1.78 bits per heavy atom. The molecule has 102 valence electrons. The van der Waals surface area contributed by atoms with E-state index in [9.17, 15) is 35.5 Å². The number of carboxylic acids is 1. The van der Waals surface area contributed by atoms with Crippen molar-refractivity contribution >= 4 is 5.97 Å². The van der Waals surface area contributed by atoms with Crippen LogP contribution in [0.1, 0.15) is 16.2 Å². The molecule has 0 bridgehead atoms. The first-order chi connectivity index (χ1) is 7.99. The molecule has 18 heavy (non-hydrogen) atoms. The van der Waals surface area contributed by atoms with Gasteiger partial charge in [0.25, 0.3) is 6.17 Å². The highest BCUT2D eigenvalue weighted by Crippen LogP contribution is 2.42. The minimum Gasteiger partial charge on any atom is -0.476 e. The number of rotatable bonds is 3. The highest BCUT2D eigenvalue weighted by Gasteiger charge is 2.60. The van der Waals surface area contributed by atoms with E-state index >= 15 is 0 Å². The number of hydrogen-bond donors (Lipinski definition) is 2. The monoisotopic (exact) mass is 280 g/mol. The number of alkyl halides is 6. The van der Waals surface area contributed by atoms with Crippen LogP contribution in [0.25, 0.3) is 0 Å². The van der Waals surface area contributed by atoms with Gasteiger partial charge in [-0.05, 0) is 0 Å². The number of nitrogens with one attached hydrogen (secondary N) is 1. The molecule has 4 nitrogen and oxygen atoms in total. The number of aromatic amines is 1. The molecule has 0 aromatic carbocycles. The third kappa shape index (κ3) is 2.24. The zero-order valence-electron chi connectivity index (χ0n) is 8.03. The number of nitrogens with zero attached hydrogens (tertiary/aromatic N) is 1. The van der Waals surface area contributed by atoms with Crippen LogP contribution in [0.5, 0.6) is 0 Å². The molecular weight excluding hydrogens is 277 g/mol. The second-order valence-electron chi connectivity index (χ2n) is 3.09. The smallest absolute Gasteiger partial charge is 0.426 e. The standard InChI is InChI=1S/C7H3F7N2O2/c8-1-2(4(17)18)15-16-3(1)6(10,11)5(9)7(12,13)14/h5H,(H,15,16)(H,17,18). The maximum atomic E-state index is 13.0. The number of halogens is 7. The van der Waals surface area contributed by atoms with Crippen LogP contribution in [0.2, 0.25) is 0 Å². The first-order valence-corrected chi connectivity index (χ1v) is 4.05. The SMILES string of the molecule is O=C(O)c1[nH]nc(C(F)(F)C(F)C(F)(F)F)c1F. The third-order valence-electron chi connectivity index (χ3n) is 1.84. The van der Waals surface area contributed by atoms with E-state index in [4.69, 9.17) is 5.11 Å². The van der Waals surface area contributed by atoms with E-state index in [1.54, 1.807) is 0 Å². The Morgan fingerprint density at radius 1 is 1.28 bits per heavy atom. The van der Waals surface area contributed by atoms with Crippen molar-refractivity contribution in [3.05, 3.63) is 17.2 Å². The number of carbonyl (C=O) groups is 1. The molecule has 0 saturated heterocycles. The van der Waals surface area contributed by atoms with Crippen molar-refractivity contribution in [2.24, 2.45) is 0 Å². The van der Waals surface area contributed by atoms with Crippen molar-refractivity contribution in [2.75, 3.05) is 0 Å². The molecule has 0 aliphatic heterocycles. The summed E-state index contributed by atoms with van der Waals surface area (Å²) in [5, 5.41) is 11.9. The molecule has 0 spiro atoms. The lowest BCUT2D eigenvalue weighted by Crippen LogP contribution is -2.40. The molecule has 0 amide bonds. The van der Waals surface area contributed by atoms with Crippen LogP contribution in [-0.4, -0.2) is 33.6 Å². The Morgan fingerprint density at radius 3 is 2.11 bits per heavy atom. The molecule has 0 aliphatic carbocycles. The molecule has 0 radical (unpaired) electrons. The van der Waals surface area contributed by atoms with E-state index in [-0.39, 0.29) is 0 Å². The van der Waals surface area contributed by atoms with Crippen LogP contribution in [0.15, 0.2) is 0 Å². The van der Waals surface area contributed by atoms with Gasteiger partial charge < -0.3 is 5.11 Å². The van der Waals surface area contributed by atoms with Crippen LogP contribution in [0, 0.1) is 5.82 Å². The highest BCUT2D eigenvalue weighted by atomic mass is 19.4. The molecule has 1 unspecified atom stereocenters. The van der Waals surface area contributed by atoms with Gasteiger partial charge in [0.05, 0.1) is 0 Å². The van der Waals surface area contributed by atoms with Crippen molar-refractivity contribution in [3.63, 3.8) is 0 Å². The summed E-state index contributed by atoms with van der Waals surface area (Å²) in [6.07, 6.45) is -10.7. The lowest BCUT2D eigenvalue weighted by Gasteiger charge is -2.20. The summed E-state index contributed by atoms with van der Waals surface area (Å²) in [6.45, 7) is 0. The van der Waals surface area contributed by atoms with Gasteiger partial charge in [-0.1, -0.05) is 0 Å². The molecule has 0 fully saturated rings. The Kier molecular flexibility index (Phi) is 3.28. The van der Waals surface area contributed by atoms with Gasteiger partial charge in [-0.15, -0.1) is 0 Å². The third-order valence-corrected chi connectivity index (χ3v) is 1.84. The number of aromatic nitrogens is 2. The van der Waals surface area contributed by atoms with Gasteiger partial charge in [-0.3, -0.25) is 5.10 Å². The molecule has 2 N–H and O–H groups in total. The Bertz CT molecular complexity index is 467. The van der Waals surface area contributed by atoms with Crippen molar-refractivity contribution in [3.8, 4) is 0 Å². The van der Waals surface area contributed by atoms with E-state index in [0.717, 1.165) is 0 Å². The first kappa shape index (κ1) is 14.3. The van der Waals surface area contributed by atoms with Gasteiger partial charge in [0, 0.05) is 0 Å². The van der Waals surface area contributed by atoms with E-state index in [0.29, 0.717) is 0 Å². The minimum absolute atomic E-state index is 1.25. The van der Waals surface area contributed by atoms with Crippen molar-refractivity contribution < 1.29 is 40.6 Å². The van der Waals surface area contributed by atoms with Crippen molar-refractivity contribution in [1.82, 2.24) is 10.2 Å². The predicted octanol–water partition coefficient (Wildman–Crippen LogP) is 2.24. The fourth-order valence-corrected chi connectivity index (χ4v) is 1.02. The quantitative estimate of drug-likeness (QED) is 0.834.